The lowest BCUT2D eigenvalue weighted by Crippen LogP contribution is -2.58. The van der Waals surface area contributed by atoms with Crippen LogP contribution < -0.4 is 16.0 Å². The molecular formula is C35H48F3N7O5. The number of allylic oxidation sites excluding steroid dienone is 1. The van der Waals surface area contributed by atoms with E-state index in [1.54, 1.807) is 24.8 Å². The third kappa shape index (κ3) is 9.50. The van der Waals surface area contributed by atoms with Crippen molar-refractivity contribution in [1.29, 1.82) is 0 Å². The number of benzene rings is 1. The summed E-state index contributed by atoms with van der Waals surface area (Å²) in [7, 11) is 3.34. The summed E-state index contributed by atoms with van der Waals surface area (Å²) in [6.45, 7) is 7.23. The van der Waals surface area contributed by atoms with Crippen LogP contribution in [0.2, 0.25) is 0 Å². The summed E-state index contributed by atoms with van der Waals surface area (Å²) in [6.07, 6.45) is 1.25. The second-order valence-corrected chi connectivity index (χ2v) is 13.2. The summed E-state index contributed by atoms with van der Waals surface area (Å²) in [5, 5.41) is 12.1. The van der Waals surface area contributed by atoms with E-state index < -0.39 is 53.5 Å². The van der Waals surface area contributed by atoms with Gasteiger partial charge in [-0.15, -0.1) is 0 Å². The molecule has 1 aromatic carbocycles. The lowest BCUT2D eigenvalue weighted by molar-refractivity contribution is -0.140. The minimum absolute atomic E-state index is 0.0598. The predicted molar refractivity (Wildman–Crippen MR) is 181 cm³/mol. The topological polar surface area (TPSA) is 138 Å². The average molecular weight is 704 g/mol. The Morgan fingerprint density at radius 1 is 1.10 bits per heavy atom. The molecule has 4 amide bonds. The molecular weight excluding hydrogens is 655 g/mol. The Morgan fingerprint density at radius 2 is 1.86 bits per heavy atom. The highest BCUT2D eigenvalue weighted by molar-refractivity contribution is 6.00. The Kier molecular flexibility index (Phi) is 13.6. The first-order chi connectivity index (χ1) is 23.8. The van der Waals surface area contributed by atoms with Gasteiger partial charge in [0.25, 0.3) is 12.0 Å². The summed E-state index contributed by atoms with van der Waals surface area (Å²) >= 11 is 0. The van der Waals surface area contributed by atoms with Crippen LogP contribution in [-0.2, 0) is 25.7 Å². The maximum Gasteiger partial charge on any atom is 0.270 e. The van der Waals surface area contributed by atoms with Crippen LogP contribution in [0.4, 0.5) is 18.9 Å². The van der Waals surface area contributed by atoms with E-state index in [1.807, 2.05) is 14.0 Å². The van der Waals surface area contributed by atoms with Crippen molar-refractivity contribution >= 4 is 29.3 Å². The Balaban J connectivity index is 1.58. The first kappa shape index (κ1) is 38.6. The van der Waals surface area contributed by atoms with Gasteiger partial charge in [0, 0.05) is 51.4 Å². The Labute approximate surface area is 290 Å². The fraction of sp³-hybridized carbons (Fsp3) is 0.571. The quantitative estimate of drug-likeness (QED) is 0.285. The van der Waals surface area contributed by atoms with Gasteiger partial charge < -0.3 is 30.5 Å². The van der Waals surface area contributed by atoms with Crippen molar-refractivity contribution in [2.75, 3.05) is 45.7 Å². The number of hydrogen-bond donors (Lipinski definition) is 3. The van der Waals surface area contributed by atoms with Gasteiger partial charge in [0.05, 0.1) is 5.69 Å². The third-order valence-electron chi connectivity index (χ3n) is 9.77. The summed E-state index contributed by atoms with van der Waals surface area (Å²) in [5.41, 5.74) is 0.344. The zero-order chi connectivity index (χ0) is 36.5. The van der Waals surface area contributed by atoms with E-state index in [9.17, 15) is 28.0 Å². The van der Waals surface area contributed by atoms with E-state index in [-0.39, 0.29) is 48.4 Å². The number of anilines is 1. The molecule has 1 saturated heterocycles. The number of aryl methyl sites for hydroxylation is 1. The van der Waals surface area contributed by atoms with Gasteiger partial charge in [-0.25, -0.2) is 4.39 Å². The van der Waals surface area contributed by atoms with Crippen molar-refractivity contribution in [3.8, 4) is 0 Å². The molecule has 3 N–H and O–H groups in total. The molecule has 0 radical (unpaired) electrons. The van der Waals surface area contributed by atoms with E-state index in [0.717, 1.165) is 0 Å². The number of hydrogen-bond acceptors (Lipinski definition) is 7. The zero-order valence-electron chi connectivity index (χ0n) is 29.3. The molecule has 2 heterocycles. The average Bonchev–Trinajstić information content (AvgIpc) is 3.44. The van der Waals surface area contributed by atoms with Crippen LogP contribution in [0.5, 0.6) is 0 Å². The first-order valence-electron chi connectivity index (χ1n) is 17.1. The number of nitrogens with one attached hydrogen (secondary N) is 3. The summed E-state index contributed by atoms with van der Waals surface area (Å²) in [4.78, 5) is 57.3. The van der Waals surface area contributed by atoms with E-state index in [1.165, 1.54) is 36.2 Å². The highest BCUT2D eigenvalue weighted by Gasteiger charge is 2.36. The van der Waals surface area contributed by atoms with Crippen molar-refractivity contribution in [3.63, 3.8) is 0 Å². The SMILES string of the molecule is CCn1nccc1C(=O)NC(C(=O)Nc1ccc([C@H](C)[C@@H](NC(=O)COC)C(=O)N2CCN(C)[C@H](C)C2)cc1F)C1CCCCC(=C(F)F)C1. The number of nitrogens with zero attached hydrogens (tertiary/aromatic N) is 4. The van der Waals surface area contributed by atoms with Crippen LogP contribution >= 0.6 is 0 Å². The molecule has 0 bridgehead atoms. The maximum atomic E-state index is 15.8. The van der Waals surface area contributed by atoms with E-state index in [2.05, 4.69) is 25.9 Å². The summed E-state index contributed by atoms with van der Waals surface area (Å²) in [6, 6.07) is 3.42. The maximum absolute atomic E-state index is 15.8. The number of likely N-dealkylation sites (N-methyl/N-ethyl adjacent to an activating group) is 1. The Morgan fingerprint density at radius 3 is 2.52 bits per heavy atom. The normalized spacial score (nSPS) is 20.3. The first-order valence-corrected chi connectivity index (χ1v) is 17.1. The van der Waals surface area contributed by atoms with Crippen molar-refractivity contribution in [2.45, 2.75) is 83.5 Å². The zero-order valence-corrected chi connectivity index (χ0v) is 29.3. The van der Waals surface area contributed by atoms with Gasteiger partial charge in [0.2, 0.25) is 17.7 Å². The number of rotatable bonds is 12. The predicted octanol–water partition coefficient (Wildman–Crippen LogP) is 3.91. The van der Waals surface area contributed by atoms with Crippen molar-refractivity contribution < 1.29 is 37.1 Å². The minimum atomic E-state index is -1.79. The summed E-state index contributed by atoms with van der Waals surface area (Å²) < 4.78 is 49.7. The molecule has 274 valence electrons. The molecule has 2 aromatic rings. The van der Waals surface area contributed by atoms with Crippen LogP contribution in [0.15, 0.2) is 42.1 Å². The molecule has 1 aromatic heterocycles. The molecule has 2 fully saturated rings. The third-order valence-corrected chi connectivity index (χ3v) is 9.77. The number of carbonyl (C=O) groups excluding carboxylic acids is 4. The summed E-state index contributed by atoms with van der Waals surface area (Å²) in [5.74, 6) is -4.30. The largest absolute Gasteiger partial charge is 0.375 e. The Hall–Kier alpha value is -4.24. The lowest BCUT2D eigenvalue weighted by atomic mass is 9.89. The molecule has 50 heavy (non-hydrogen) atoms. The molecule has 5 atom stereocenters. The number of ether oxygens (including phenoxy) is 1. The highest BCUT2D eigenvalue weighted by Crippen LogP contribution is 2.33. The van der Waals surface area contributed by atoms with Gasteiger partial charge in [-0.3, -0.25) is 23.9 Å². The smallest absolute Gasteiger partial charge is 0.270 e. The molecule has 2 unspecified atom stereocenters. The van der Waals surface area contributed by atoms with Crippen LogP contribution in [0.3, 0.4) is 0 Å². The van der Waals surface area contributed by atoms with E-state index in [0.29, 0.717) is 51.0 Å². The lowest BCUT2D eigenvalue weighted by Gasteiger charge is -2.40. The molecule has 15 heteroatoms. The highest BCUT2D eigenvalue weighted by atomic mass is 19.3. The second-order valence-electron chi connectivity index (χ2n) is 13.2. The number of piperazine rings is 1. The van der Waals surface area contributed by atoms with Crippen LogP contribution in [0.25, 0.3) is 0 Å². The van der Waals surface area contributed by atoms with E-state index in [4.69, 9.17) is 4.74 Å². The van der Waals surface area contributed by atoms with Crippen LogP contribution in [0, 0.1) is 11.7 Å². The molecule has 1 aliphatic carbocycles. The van der Waals surface area contributed by atoms with Gasteiger partial charge in [0.15, 0.2) is 0 Å². The van der Waals surface area contributed by atoms with Crippen LogP contribution in [0.1, 0.15) is 74.8 Å². The van der Waals surface area contributed by atoms with Gasteiger partial charge >= 0.3 is 0 Å². The molecule has 2 aliphatic rings. The molecule has 4 rings (SSSR count). The number of aromatic nitrogens is 2. The van der Waals surface area contributed by atoms with Gasteiger partial charge in [-0.1, -0.05) is 19.4 Å². The fourth-order valence-corrected chi connectivity index (χ4v) is 6.62. The molecule has 12 nitrogen and oxygen atoms in total. The minimum Gasteiger partial charge on any atom is -0.375 e. The second kappa shape index (κ2) is 17.6. The number of halogens is 3. The standard InChI is InChI=1S/C35H48F3N7O5/c1-6-45-28(13-14-39-45)33(47)42-31(24-9-7-8-10-25(17-24)32(37)38)34(48)40-27-12-11-23(18-26(27)36)22(3)30(41-29(46)20-50-5)35(49)44-16-15-43(4)21(2)19-44/h11-14,18,21-22,24,30-31H,6-10,15-17,19-20H2,1-5H3,(H,40,48)(H,41,46)(H,42,47)/t21-,22+,24?,30-,31?/m1/s1. The van der Waals surface area contributed by atoms with Crippen LogP contribution in [-0.4, -0.2) is 102 Å². The van der Waals surface area contributed by atoms with Crippen molar-refractivity contribution in [3.05, 3.63) is 59.2 Å². The van der Waals surface area contributed by atoms with Gasteiger partial charge in [-0.05, 0) is 81.8 Å². The monoisotopic (exact) mass is 703 g/mol. The fourth-order valence-electron chi connectivity index (χ4n) is 6.62. The Bertz CT molecular complexity index is 1560. The molecule has 1 saturated carbocycles. The van der Waals surface area contributed by atoms with Crippen molar-refractivity contribution in [1.82, 2.24) is 30.2 Å². The number of carbonyl (C=O) groups is 4. The number of amides is 4. The van der Waals surface area contributed by atoms with E-state index >= 15 is 4.39 Å². The van der Waals surface area contributed by atoms with Gasteiger partial charge in [-0.2, -0.15) is 13.9 Å². The molecule has 0 spiro atoms. The van der Waals surface area contributed by atoms with Gasteiger partial charge in [0.1, 0.15) is 30.2 Å². The number of methoxy groups -OCH3 is 1. The molecule has 1 aliphatic heterocycles. The van der Waals surface area contributed by atoms with Crippen molar-refractivity contribution in [2.24, 2.45) is 5.92 Å².